The number of likely N-dealkylation sites (N-methyl/N-ethyl adjacent to an activating group) is 1. The molecule has 5 nitrogen and oxygen atoms in total. The van der Waals surface area contributed by atoms with Crippen molar-refractivity contribution < 1.29 is 108 Å². The average molecular weight is 530 g/mol. The van der Waals surface area contributed by atoms with Gasteiger partial charge in [0.15, 0.2) is 0 Å². The number of rotatable bonds is 6. The van der Waals surface area contributed by atoms with E-state index >= 15 is 0 Å². The van der Waals surface area contributed by atoms with Gasteiger partial charge in [-0.25, -0.2) is 0 Å². The van der Waals surface area contributed by atoms with E-state index in [1.54, 1.807) is 30.1 Å². The van der Waals surface area contributed by atoms with Gasteiger partial charge in [0.05, 0.1) is 5.54 Å². The predicted molar refractivity (Wildman–Crippen MR) is 74.1 cm³/mol. The minimum absolute atomic E-state index is 0. The minimum Gasteiger partial charge on any atom is -0.384 e. The molecule has 0 saturated heterocycles. The first-order valence-electron chi connectivity index (χ1n) is 6.19. The Bertz CT molecular complexity index is 450. The SMILES string of the molecule is [CH2-][C@H](NC)C(=O)N(n1[c-]ccc1)C(C)(C)CC(C)=O.[Y].[Y].[Y]. The first kappa shape index (κ1) is 28.5. The van der Waals surface area contributed by atoms with E-state index in [-0.39, 0.29) is 116 Å². The summed E-state index contributed by atoms with van der Waals surface area (Å²) in [7, 11) is 1.67. The fraction of sp³-hybridized carbons (Fsp3) is 0.500. The zero-order valence-corrected chi connectivity index (χ0v) is 22.2. The van der Waals surface area contributed by atoms with Crippen molar-refractivity contribution in [2.75, 3.05) is 12.1 Å². The Labute approximate surface area is 208 Å². The van der Waals surface area contributed by atoms with Crippen LogP contribution in [0.1, 0.15) is 27.2 Å². The van der Waals surface area contributed by atoms with Crippen LogP contribution in [-0.4, -0.2) is 35.0 Å². The van der Waals surface area contributed by atoms with Crippen molar-refractivity contribution >= 4 is 11.7 Å². The van der Waals surface area contributed by atoms with E-state index in [2.05, 4.69) is 18.4 Å². The minimum atomic E-state index is -0.648. The second kappa shape index (κ2) is 13.0. The summed E-state index contributed by atoms with van der Waals surface area (Å²) in [4.78, 5) is 23.9. The fourth-order valence-corrected chi connectivity index (χ4v) is 2.06. The quantitative estimate of drug-likeness (QED) is 0.558. The van der Waals surface area contributed by atoms with Gasteiger partial charge < -0.3 is 16.9 Å². The Balaban J connectivity index is -0.00000120. The topological polar surface area (TPSA) is 54.3 Å². The van der Waals surface area contributed by atoms with E-state index in [0.717, 1.165) is 0 Å². The van der Waals surface area contributed by atoms with Crippen LogP contribution in [0.25, 0.3) is 0 Å². The Morgan fingerprint density at radius 3 is 2.27 bits per heavy atom. The zero-order valence-electron chi connectivity index (χ0n) is 13.7. The largest absolute Gasteiger partial charge is 0.384 e. The second-order valence-electron chi connectivity index (χ2n) is 5.16. The summed E-state index contributed by atoms with van der Waals surface area (Å²) in [5.74, 6) is -0.179. The summed E-state index contributed by atoms with van der Waals surface area (Å²) in [6.45, 7) is 8.98. The van der Waals surface area contributed by atoms with E-state index in [9.17, 15) is 9.59 Å². The van der Waals surface area contributed by atoms with Crippen molar-refractivity contribution in [1.82, 2.24) is 9.99 Å². The molecular weight excluding hydrogens is 509 g/mol. The molecular formula is C14H21N3O2Y3-2. The molecule has 0 fully saturated rings. The monoisotopic (exact) mass is 530 g/mol. The Hall–Kier alpha value is 1.69. The van der Waals surface area contributed by atoms with Crippen LogP contribution >= 0.6 is 0 Å². The third kappa shape index (κ3) is 8.18. The third-order valence-electron chi connectivity index (χ3n) is 2.86. The van der Waals surface area contributed by atoms with Crippen LogP contribution in [0.4, 0.5) is 0 Å². The van der Waals surface area contributed by atoms with Gasteiger partial charge in [-0.1, -0.05) is 6.20 Å². The van der Waals surface area contributed by atoms with Crippen molar-refractivity contribution in [3.8, 4) is 0 Å². The first-order chi connectivity index (χ1) is 8.79. The molecule has 0 bridgehead atoms. The molecule has 3 radical (unpaired) electrons. The molecule has 1 atom stereocenters. The van der Waals surface area contributed by atoms with Crippen LogP contribution in [0.15, 0.2) is 18.3 Å². The summed E-state index contributed by atoms with van der Waals surface area (Å²) >= 11 is 0. The number of ketones is 1. The van der Waals surface area contributed by atoms with Crippen LogP contribution in [0, 0.1) is 13.1 Å². The van der Waals surface area contributed by atoms with Crippen molar-refractivity contribution in [3.63, 3.8) is 0 Å². The van der Waals surface area contributed by atoms with Gasteiger partial charge in [0.25, 0.3) is 0 Å². The molecule has 0 aromatic carbocycles. The molecule has 0 spiro atoms. The van der Waals surface area contributed by atoms with Crippen molar-refractivity contribution in [2.45, 2.75) is 38.8 Å². The van der Waals surface area contributed by atoms with E-state index < -0.39 is 11.6 Å². The number of hydrogen-bond donors (Lipinski definition) is 1. The number of aromatic nitrogens is 1. The maximum absolute atomic E-state index is 12.4. The van der Waals surface area contributed by atoms with E-state index in [1.165, 1.54) is 11.9 Å². The summed E-state index contributed by atoms with van der Waals surface area (Å²) in [6, 6.07) is 2.91. The summed E-state index contributed by atoms with van der Waals surface area (Å²) in [5.41, 5.74) is -0.648. The molecule has 22 heavy (non-hydrogen) atoms. The van der Waals surface area contributed by atoms with Gasteiger partial charge in [-0.05, 0) is 33.9 Å². The predicted octanol–water partition coefficient (Wildman–Crippen LogP) is 0.925. The standard InChI is InChI=1S/C14H21N3O2.3Y/c1-11(18)10-14(3,4)17(13(19)12(2)15-5)16-8-6-7-9-16;;;/h6-8,12,15H,2,10H2,1,3-5H3;;;/q-2;;;/t12-;;;/m0.../s1. The molecule has 0 aliphatic carbocycles. The molecule has 1 aromatic heterocycles. The second-order valence-corrected chi connectivity index (χ2v) is 5.16. The van der Waals surface area contributed by atoms with E-state index in [0.29, 0.717) is 0 Å². The van der Waals surface area contributed by atoms with Gasteiger partial charge in [-0.2, -0.15) is 12.1 Å². The first-order valence-corrected chi connectivity index (χ1v) is 6.19. The van der Waals surface area contributed by atoms with Gasteiger partial charge in [0.1, 0.15) is 5.78 Å². The molecule has 1 heterocycles. The van der Waals surface area contributed by atoms with Crippen LogP contribution in [0.3, 0.4) is 0 Å². The molecule has 1 N–H and O–H groups in total. The van der Waals surface area contributed by atoms with Crippen molar-refractivity contribution in [1.29, 1.82) is 0 Å². The molecule has 0 aliphatic rings. The smallest absolute Gasteiger partial charge is 0.226 e. The zero-order chi connectivity index (χ0) is 14.6. The van der Waals surface area contributed by atoms with Crippen LogP contribution in [0.2, 0.25) is 0 Å². The maximum atomic E-state index is 12.4. The fourth-order valence-electron chi connectivity index (χ4n) is 2.06. The molecule has 1 aromatic rings. The average Bonchev–Trinajstić information content (AvgIpc) is 2.79. The number of carbonyl (C=O) groups is 2. The third-order valence-corrected chi connectivity index (χ3v) is 2.86. The summed E-state index contributed by atoms with van der Waals surface area (Å²) in [5, 5.41) is 4.33. The van der Waals surface area contributed by atoms with Crippen molar-refractivity contribution in [2.24, 2.45) is 0 Å². The normalized spacial score (nSPS) is 11.3. The molecule has 1 amide bonds. The summed E-state index contributed by atoms with van der Waals surface area (Å²) in [6.07, 6.45) is 4.92. The maximum Gasteiger partial charge on any atom is 0.226 e. The number of Topliss-reactive ketones (excluding diaryl/α,β-unsaturated/α-hetero) is 1. The van der Waals surface area contributed by atoms with Gasteiger partial charge >= 0.3 is 0 Å². The Kier molecular flexibility index (Phi) is 16.8. The number of nitrogens with one attached hydrogen (secondary N) is 1. The van der Waals surface area contributed by atoms with E-state index in [1.807, 2.05) is 13.8 Å². The number of hydrogen-bond acceptors (Lipinski definition) is 3. The van der Waals surface area contributed by atoms with Gasteiger partial charge in [0.2, 0.25) is 5.91 Å². The number of amides is 1. The van der Waals surface area contributed by atoms with Gasteiger partial charge in [-0.3, -0.25) is 14.6 Å². The Morgan fingerprint density at radius 2 is 1.91 bits per heavy atom. The van der Waals surface area contributed by atoms with Crippen LogP contribution in [0.5, 0.6) is 0 Å². The molecule has 1 rings (SSSR count). The van der Waals surface area contributed by atoms with Gasteiger partial charge in [0, 0.05) is 105 Å². The molecule has 115 valence electrons. The van der Waals surface area contributed by atoms with Crippen LogP contribution in [-0.2, 0) is 108 Å². The summed E-state index contributed by atoms with van der Waals surface area (Å²) < 4.78 is 1.57. The molecule has 0 unspecified atom stereocenters. The molecule has 0 saturated carbocycles. The van der Waals surface area contributed by atoms with Crippen LogP contribution < -0.4 is 10.3 Å². The van der Waals surface area contributed by atoms with Gasteiger partial charge in [-0.15, -0.1) is 6.20 Å². The molecule has 8 heteroatoms. The molecule has 0 aliphatic heterocycles. The number of nitrogens with zero attached hydrogens (tertiary/aromatic N) is 2. The van der Waals surface area contributed by atoms with Crippen molar-refractivity contribution in [3.05, 3.63) is 31.5 Å². The van der Waals surface area contributed by atoms with E-state index in [4.69, 9.17) is 0 Å². The Morgan fingerprint density at radius 1 is 1.36 bits per heavy atom. The number of carbonyl (C=O) groups excluding carboxylic acids is 2.